The lowest BCUT2D eigenvalue weighted by Crippen LogP contribution is -2.43. The fourth-order valence-corrected chi connectivity index (χ4v) is 4.30. The number of benzene rings is 1. The van der Waals surface area contributed by atoms with Crippen LogP contribution in [0.2, 0.25) is 0 Å². The Morgan fingerprint density at radius 3 is 2.46 bits per heavy atom. The maximum atomic E-state index is 14.0. The van der Waals surface area contributed by atoms with Gasteiger partial charge in [-0.2, -0.15) is 13.2 Å². The molecule has 1 aliphatic heterocycles. The second-order valence-corrected chi connectivity index (χ2v) is 10.1. The molecule has 0 radical (unpaired) electrons. The fourth-order valence-electron chi connectivity index (χ4n) is 4.30. The van der Waals surface area contributed by atoms with Crippen molar-refractivity contribution >= 4 is 23.6 Å². The fraction of sp³-hybridized carbons (Fsp3) is 0.333. The van der Waals surface area contributed by atoms with Crippen molar-refractivity contribution in [3.63, 3.8) is 0 Å². The van der Waals surface area contributed by atoms with Gasteiger partial charge in [0.25, 0.3) is 5.91 Å². The predicted molar refractivity (Wildman–Crippen MR) is 147 cm³/mol. The summed E-state index contributed by atoms with van der Waals surface area (Å²) in [5.74, 6) is -0.491. The number of piperidine rings is 1. The van der Waals surface area contributed by atoms with Crippen molar-refractivity contribution in [2.75, 3.05) is 25.4 Å². The topological polar surface area (TPSA) is 98.4 Å². The quantitative estimate of drug-likeness (QED) is 0.188. The molecule has 0 spiro atoms. The van der Waals surface area contributed by atoms with E-state index >= 15 is 0 Å². The number of anilines is 1. The molecule has 4 rings (SSSR count). The van der Waals surface area contributed by atoms with Crippen LogP contribution in [0, 0.1) is 0 Å². The van der Waals surface area contributed by atoms with E-state index in [0.717, 1.165) is 6.07 Å². The number of alkyl halides is 4. The van der Waals surface area contributed by atoms with Gasteiger partial charge < -0.3 is 15.4 Å². The zero-order chi connectivity index (χ0) is 29.6. The third kappa shape index (κ3) is 8.12. The summed E-state index contributed by atoms with van der Waals surface area (Å²) in [6.45, 7) is 2.00. The van der Waals surface area contributed by atoms with Gasteiger partial charge in [0.15, 0.2) is 5.78 Å². The molecule has 0 saturated carbocycles. The molecule has 216 valence electrons. The molecular weight excluding hydrogens is 540 g/mol. The van der Waals surface area contributed by atoms with Crippen molar-refractivity contribution in [3.05, 3.63) is 77.6 Å². The lowest BCUT2D eigenvalue weighted by Gasteiger charge is -2.34. The number of pyridine rings is 2. The zero-order valence-corrected chi connectivity index (χ0v) is 22.5. The number of nitrogens with two attached hydrogens (primary N) is 1. The second-order valence-electron chi connectivity index (χ2n) is 10.1. The number of nitrogen functional groups attached to an aromatic ring is 1. The van der Waals surface area contributed by atoms with E-state index in [1.165, 1.54) is 49.7 Å². The summed E-state index contributed by atoms with van der Waals surface area (Å²) >= 11 is 0. The smallest absolute Gasteiger partial charge is 0.419 e. The van der Waals surface area contributed by atoms with E-state index in [4.69, 9.17) is 10.5 Å². The molecule has 41 heavy (non-hydrogen) atoms. The molecule has 1 fully saturated rings. The highest BCUT2D eigenvalue weighted by Gasteiger charge is 2.35. The van der Waals surface area contributed by atoms with E-state index in [0.29, 0.717) is 11.4 Å². The summed E-state index contributed by atoms with van der Waals surface area (Å²) in [5, 5.41) is 0. The molecule has 1 aliphatic rings. The number of aromatic nitrogens is 2. The van der Waals surface area contributed by atoms with Gasteiger partial charge in [-0.25, -0.2) is 9.37 Å². The lowest BCUT2D eigenvalue weighted by atomic mass is 9.95. The van der Waals surface area contributed by atoms with Crippen LogP contribution < -0.4 is 10.5 Å². The summed E-state index contributed by atoms with van der Waals surface area (Å²) in [6.07, 6.45) is 1.91. The van der Waals surface area contributed by atoms with Gasteiger partial charge in [-0.1, -0.05) is 0 Å². The highest BCUT2D eigenvalue weighted by Crippen LogP contribution is 2.38. The van der Waals surface area contributed by atoms with Crippen LogP contribution >= 0.6 is 0 Å². The Kier molecular flexibility index (Phi) is 9.05. The van der Waals surface area contributed by atoms with E-state index < -0.39 is 17.4 Å². The molecule has 2 N–H and O–H groups in total. The third-order valence-corrected chi connectivity index (χ3v) is 6.78. The van der Waals surface area contributed by atoms with Gasteiger partial charge in [0.2, 0.25) is 0 Å². The van der Waals surface area contributed by atoms with Crippen LogP contribution in [0.25, 0.3) is 17.3 Å². The van der Waals surface area contributed by atoms with Crippen LogP contribution in [0.5, 0.6) is 5.75 Å². The Balaban J connectivity index is 1.36. The number of nitrogens with zero attached hydrogens (tertiary/aromatic N) is 3. The first-order valence-corrected chi connectivity index (χ1v) is 13.1. The number of carbonyl (C=O) groups is 2. The first-order chi connectivity index (χ1) is 19.4. The molecule has 1 saturated heterocycles. The molecule has 1 aromatic carbocycles. The van der Waals surface area contributed by atoms with E-state index in [-0.39, 0.29) is 79.6 Å². The summed E-state index contributed by atoms with van der Waals surface area (Å²) in [4.78, 5) is 34.5. The SMILES string of the molecule is CC1(F)CCN(C(=O)c2ccc(-c3ccc(OCCCC(=O)/C=C/c4ccc(N)nc4)c(C(F)(F)F)c3)nc2)CC1. The van der Waals surface area contributed by atoms with Crippen molar-refractivity contribution < 1.29 is 31.9 Å². The number of ether oxygens (including phenoxy) is 1. The number of amides is 1. The van der Waals surface area contributed by atoms with Gasteiger partial charge in [-0.05, 0) is 86.4 Å². The van der Waals surface area contributed by atoms with Crippen molar-refractivity contribution in [2.24, 2.45) is 0 Å². The standard InChI is InChI=1S/C30H30F4N4O3/c1-29(31)12-14-38(15-13-29)28(40)22-6-9-25(36-19-22)21-7-10-26(24(17-21)30(32,33)34)41-16-2-3-23(39)8-4-20-5-11-27(35)37-18-20/h4-11,17-19H,2-3,12-16H2,1H3,(H2,35,37)/b8-4+. The van der Waals surface area contributed by atoms with Gasteiger partial charge in [0.05, 0.1) is 23.4 Å². The maximum absolute atomic E-state index is 14.0. The van der Waals surface area contributed by atoms with Crippen LogP contribution in [-0.4, -0.2) is 51.9 Å². The molecule has 11 heteroatoms. The first kappa shape index (κ1) is 29.7. The molecule has 3 aromatic rings. The molecular formula is C30H30F4N4O3. The van der Waals surface area contributed by atoms with E-state index in [1.807, 2.05) is 0 Å². The van der Waals surface area contributed by atoms with Gasteiger partial charge >= 0.3 is 6.18 Å². The van der Waals surface area contributed by atoms with Gasteiger partial charge in [0, 0.05) is 37.5 Å². The van der Waals surface area contributed by atoms with Gasteiger partial charge in [-0.15, -0.1) is 0 Å². The van der Waals surface area contributed by atoms with Crippen molar-refractivity contribution in [2.45, 2.75) is 44.5 Å². The number of carbonyl (C=O) groups excluding carboxylic acids is 2. The van der Waals surface area contributed by atoms with Crippen molar-refractivity contribution in [1.29, 1.82) is 0 Å². The summed E-state index contributed by atoms with van der Waals surface area (Å²) in [6, 6.07) is 9.91. The summed E-state index contributed by atoms with van der Waals surface area (Å²) in [5.41, 5.74) is 4.68. The highest BCUT2D eigenvalue weighted by atomic mass is 19.4. The van der Waals surface area contributed by atoms with Crippen LogP contribution in [-0.2, 0) is 11.0 Å². The van der Waals surface area contributed by atoms with Crippen LogP contribution in [0.1, 0.15) is 54.1 Å². The Labute approximate surface area is 235 Å². The van der Waals surface area contributed by atoms with E-state index in [2.05, 4.69) is 9.97 Å². The largest absolute Gasteiger partial charge is 0.493 e. The monoisotopic (exact) mass is 570 g/mol. The Bertz CT molecular complexity index is 1390. The van der Waals surface area contributed by atoms with Gasteiger partial charge in [0.1, 0.15) is 17.2 Å². The first-order valence-electron chi connectivity index (χ1n) is 13.1. The summed E-state index contributed by atoms with van der Waals surface area (Å²) < 4.78 is 61.0. The average molecular weight is 571 g/mol. The number of likely N-dealkylation sites (tertiary alicyclic amines) is 1. The van der Waals surface area contributed by atoms with Crippen LogP contribution in [0.4, 0.5) is 23.4 Å². The van der Waals surface area contributed by atoms with Crippen LogP contribution in [0.3, 0.4) is 0 Å². The molecule has 1 amide bonds. The third-order valence-electron chi connectivity index (χ3n) is 6.78. The minimum Gasteiger partial charge on any atom is -0.493 e. The maximum Gasteiger partial charge on any atom is 0.419 e. The van der Waals surface area contributed by atoms with Crippen molar-refractivity contribution in [1.82, 2.24) is 14.9 Å². The number of halogens is 4. The number of ketones is 1. The van der Waals surface area contributed by atoms with Crippen molar-refractivity contribution in [3.8, 4) is 17.0 Å². The lowest BCUT2D eigenvalue weighted by molar-refractivity contribution is -0.139. The number of allylic oxidation sites excluding steroid dienone is 1. The average Bonchev–Trinajstić information content (AvgIpc) is 2.94. The second kappa shape index (κ2) is 12.5. The molecule has 0 bridgehead atoms. The Morgan fingerprint density at radius 1 is 1.07 bits per heavy atom. The molecule has 0 aliphatic carbocycles. The molecule has 3 heterocycles. The van der Waals surface area contributed by atoms with Gasteiger partial charge in [-0.3, -0.25) is 14.6 Å². The Hall–Kier alpha value is -4.28. The number of rotatable bonds is 9. The minimum absolute atomic E-state index is 0.0848. The molecule has 7 nitrogen and oxygen atoms in total. The van der Waals surface area contributed by atoms with Crippen LogP contribution in [0.15, 0.2) is 60.9 Å². The summed E-state index contributed by atoms with van der Waals surface area (Å²) in [7, 11) is 0. The normalized spacial score (nSPS) is 15.2. The highest BCUT2D eigenvalue weighted by molar-refractivity contribution is 5.94. The van der Waals surface area contributed by atoms with E-state index in [1.54, 1.807) is 23.1 Å². The molecule has 0 unspecified atom stereocenters. The Morgan fingerprint density at radius 2 is 1.83 bits per heavy atom. The molecule has 0 atom stereocenters. The molecule has 2 aromatic heterocycles. The zero-order valence-electron chi connectivity index (χ0n) is 22.5. The van der Waals surface area contributed by atoms with E-state index in [9.17, 15) is 27.2 Å². The number of hydrogen-bond donors (Lipinski definition) is 1. The minimum atomic E-state index is -4.69. The predicted octanol–water partition coefficient (Wildman–Crippen LogP) is 6.15. The number of hydrogen-bond acceptors (Lipinski definition) is 6.